The third-order valence-electron chi connectivity index (χ3n) is 2.72. The lowest BCUT2D eigenvalue weighted by Crippen LogP contribution is -2.15. The molecule has 0 saturated heterocycles. The fourth-order valence-electron chi connectivity index (χ4n) is 1.92. The predicted octanol–water partition coefficient (Wildman–Crippen LogP) is 2.78. The van der Waals surface area contributed by atoms with E-state index in [4.69, 9.17) is 0 Å². The van der Waals surface area contributed by atoms with E-state index in [1.165, 1.54) is 10.6 Å². The zero-order valence-corrected chi connectivity index (χ0v) is 10.7. The Hall–Kier alpha value is -1.92. The summed E-state index contributed by atoms with van der Waals surface area (Å²) < 4.78 is 2.19. The summed E-state index contributed by atoms with van der Waals surface area (Å²) in [5, 5.41) is 2.66. The van der Waals surface area contributed by atoms with Gasteiger partial charge in [0.05, 0.1) is 14.4 Å². The van der Waals surface area contributed by atoms with E-state index in [2.05, 4.69) is 70.0 Å². The van der Waals surface area contributed by atoms with Crippen molar-refractivity contribution >= 4 is 18.7 Å². The first-order valence-corrected chi connectivity index (χ1v) is 7.13. The van der Waals surface area contributed by atoms with E-state index in [9.17, 15) is 0 Å². The Morgan fingerprint density at radius 2 is 1.33 bits per heavy atom. The van der Waals surface area contributed by atoms with Gasteiger partial charge in [0.1, 0.15) is 0 Å². The summed E-state index contributed by atoms with van der Waals surface area (Å²) in [6.07, 6.45) is 5.76. The molecular formula is C15H13N2P. The standard InChI is InChI=1S/C15H13N2P/c1-3-7-14(8-4-1)18(17-12-11-16-13-17)15-9-5-2-6-10-15/h1-13H. The maximum absolute atomic E-state index is 4.17. The van der Waals surface area contributed by atoms with Crippen molar-refractivity contribution in [3.63, 3.8) is 0 Å². The summed E-state index contributed by atoms with van der Waals surface area (Å²) in [5.41, 5.74) is 0. The van der Waals surface area contributed by atoms with Crippen LogP contribution in [-0.2, 0) is 0 Å². The van der Waals surface area contributed by atoms with Gasteiger partial charge in [0.15, 0.2) is 0 Å². The third kappa shape index (κ3) is 2.20. The summed E-state index contributed by atoms with van der Waals surface area (Å²) in [5.74, 6) is 0. The summed E-state index contributed by atoms with van der Waals surface area (Å²) >= 11 is 0. The van der Waals surface area contributed by atoms with Gasteiger partial charge in [-0.2, -0.15) is 0 Å². The van der Waals surface area contributed by atoms with Crippen LogP contribution >= 0.6 is 8.07 Å². The highest BCUT2D eigenvalue weighted by atomic mass is 31.1. The molecular weight excluding hydrogens is 239 g/mol. The molecule has 0 N–H and O–H groups in total. The molecule has 0 amide bonds. The number of rotatable bonds is 3. The molecule has 1 aromatic heterocycles. The first-order chi connectivity index (χ1) is 8.95. The van der Waals surface area contributed by atoms with Gasteiger partial charge in [-0.25, -0.2) is 4.98 Å². The van der Waals surface area contributed by atoms with Crippen molar-refractivity contribution < 1.29 is 0 Å². The molecule has 0 aliphatic rings. The van der Waals surface area contributed by atoms with Crippen LogP contribution < -0.4 is 10.6 Å². The molecule has 0 saturated carbocycles. The fourth-order valence-corrected chi connectivity index (χ4v) is 4.02. The molecule has 0 aliphatic carbocycles. The zero-order valence-electron chi connectivity index (χ0n) is 9.85. The summed E-state index contributed by atoms with van der Waals surface area (Å²) in [6.45, 7) is 0. The van der Waals surface area contributed by atoms with Gasteiger partial charge in [-0.1, -0.05) is 60.7 Å². The first kappa shape index (κ1) is 11.2. The highest BCUT2D eigenvalue weighted by Crippen LogP contribution is 2.34. The Labute approximate surface area is 108 Å². The Morgan fingerprint density at radius 3 is 1.78 bits per heavy atom. The van der Waals surface area contributed by atoms with Gasteiger partial charge in [-0.05, 0) is 0 Å². The van der Waals surface area contributed by atoms with E-state index in [-0.39, 0.29) is 0 Å². The smallest absolute Gasteiger partial charge is 0.0984 e. The van der Waals surface area contributed by atoms with Crippen molar-refractivity contribution in [3.05, 3.63) is 79.4 Å². The van der Waals surface area contributed by atoms with Gasteiger partial charge in [0.25, 0.3) is 0 Å². The largest absolute Gasteiger partial charge is 0.307 e. The molecule has 0 atom stereocenters. The Kier molecular flexibility index (Phi) is 3.20. The van der Waals surface area contributed by atoms with Crippen LogP contribution in [0.2, 0.25) is 0 Å². The normalized spacial score (nSPS) is 10.7. The molecule has 1 heterocycles. The minimum atomic E-state index is -0.555. The summed E-state index contributed by atoms with van der Waals surface area (Å²) in [7, 11) is -0.555. The van der Waals surface area contributed by atoms with Crippen LogP contribution in [0.3, 0.4) is 0 Å². The van der Waals surface area contributed by atoms with Crippen LogP contribution in [0.4, 0.5) is 0 Å². The van der Waals surface area contributed by atoms with Crippen molar-refractivity contribution in [2.24, 2.45) is 0 Å². The second-order valence-electron chi connectivity index (χ2n) is 3.93. The quantitative estimate of drug-likeness (QED) is 0.655. The number of hydrogen-bond donors (Lipinski definition) is 0. The van der Waals surface area contributed by atoms with Gasteiger partial charge in [0, 0.05) is 23.0 Å². The van der Waals surface area contributed by atoms with Crippen LogP contribution in [0.25, 0.3) is 0 Å². The van der Waals surface area contributed by atoms with E-state index < -0.39 is 8.07 Å². The van der Waals surface area contributed by atoms with E-state index in [1.54, 1.807) is 0 Å². The van der Waals surface area contributed by atoms with Crippen molar-refractivity contribution in [2.45, 2.75) is 0 Å². The highest BCUT2D eigenvalue weighted by molar-refractivity contribution is 7.71. The Morgan fingerprint density at radius 1 is 0.778 bits per heavy atom. The lowest BCUT2D eigenvalue weighted by atomic mass is 10.4. The van der Waals surface area contributed by atoms with E-state index in [0.717, 1.165) is 0 Å². The van der Waals surface area contributed by atoms with Gasteiger partial charge in [0.2, 0.25) is 0 Å². The molecule has 18 heavy (non-hydrogen) atoms. The number of nitrogens with zero attached hydrogens (tertiary/aromatic N) is 2. The molecule has 0 unspecified atom stereocenters. The van der Waals surface area contributed by atoms with Crippen LogP contribution in [0, 0.1) is 0 Å². The fraction of sp³-hybridized carbons (Fsp3) is 0. The number of aromatic nitrogens is 2. The van der Waals surface area contributed by atoms with Crippen molar-refractivity contribution in [2.75, 3.05) is 0 Å². The average molecular weight is 252 g/mol. The third-order valence-corrected chi connectivity index (χ3v) is 5.00. The Bertz CT molecular complexity index is 551. The monoisotopic (exact) mass is 252 g/mol. The number of benzene rings is 2. The van der Waals surface area contributed by atoms with Crippen LogP contribution in [0.5, 0.6) is 0 Å². The summed E-state index contributed by atoms with van der Waals surface area (Å²) in [6, 6.07) is 21.2. The molecule has 3 aromatic rings. The van der Waals surface area contributed by atoms with Gasteiger partial charge >= 0.3 is 0 Å². The van der Waals surface area contributed by atoms with Crippen molar-refractivity contribution in [3.8, 4) is 0 Å². The van der Waals surface area contributed by atoms with Crippen LogP contribution in [0.15, 0.2) is 79.4 Å². The van der Waals surface area contributed by atoms with Crippen LogP contribution in [0.1, 0.15) is 0 Å². The second kappa shape index (κ2) is 5.16. The molecule has 2 nitrogen and oxygen atoms in total. The SMILES string of the molecule is c1ccc(P(c2ccccc2)n2ccnc2)cc1. The van der Waals surface area contributed by atoms with Gasteiger partial charge in [-0.3, -0.25) is 0 Å². The van der Waals surface area contributed by atoms with E-state index in [1.807, 2.05) is 18.7 Å². The minimum absolute atomic E-state index is 0.555. The zero-order chi connectivity index (χ0) is 12.2. The summed E-state index contributed by atoms with van der Waals surface area (Å²) in [4.78, 5) is 4.17. The van der Waals surface area contributed by atoms with Gasteiger partial charge in [-0.15, -0.1) is 0 Å². The lowest BCUT2D eigenvalue weighted by molar-refractivity contribution is 1.22. The molecule has 88 valence electrons. The minimum Gasteiger partial charge on any atom is -0.307 e. The molecule has 0 aliphatic heterocycles. The number of hydrogen-bond acceptors (Lipinski definition) is 1. The van der Waals surface area contributed by atoms with Crippen molar-refractivity contribution in [1.82, 2.24) is 9.32 Å². The lowest BCUT2D eigenvalue weighted by Gasteiger charge is -2.19. The molecule has 0 bridgehead atoms. The van der Waals surface area contributed by atoms with E-state index >= 15 is 0 Å². The molecule has 0 fully saturated rings. The molecule has 0 radical (unpaired) electrons. The highest BCUT2D eigenvalue weighted by Gasteiger charge is 2.14. The topological polar surface area (TPSA) is 17.8 Å². The average Bonchev–Trinajstić information content (AvgIpc) is 2.95. The van der Waals surface area contributed by atoms with E-state index in [0.29, 0.717) is 0 Å². The maximum Gasteiger partial charge on any atom is 0.0984 e. The molecule has 3 rings (SSSR count). The van der Waals surface area contributed by atoms with Gasteiger partial charge < -0.3 is 4.34 Å². The Balaban J connectivity index is 2.11. The first-order valence-electron chi connectivity index (χ1n) is 5.83. The molecule has 2 aromatic carbocycles. The van der Waals surface area contributed by atoms with Crippen LogP contribution in [-0.4, -0.2) is 9.32 Å². The maximum atomic E-state index is 4.17. The predicted molar refractivity (Wildman–Crippen MR) is 76.7 cm³/mol. The molecule has 3 heteroatoms. The number of imidazole rings is 1. The van der Waals surface area contributed by atoms with Crippen molar-refractivity contribution in [1.29, 1.82) is 0 Å². The second-order valence-corrected chi connectivity index (χ2v) is 6.04. The molecule has 0 spiro atoms.